The minimum atomic E-state index is -0.752. The molecule has 0 saturated heterocycles. The fourth-order valence-electron chi connectivity index (χ4n) is 1.74. The van der Waals surface area contributed by atoms with Crippen LogP contribution in [-0.2, 0) is 11.3 Å². The molecule has 0 spiro atoms. The largest absolute Gasteiger partial charge is 0.373 e. The van der Waals surface area contributed by atoms with Gasteiger partial charge in [0.25, 0.3) is 0 Å². The Hall–Kier alpha value is -1.95. The van der Waals surface area contributed by atoms with Gasteiger partial charge in [0.05, 0.1) is 12.2 Å². The molecule has 0 fully saturated rings. The van der Waals surface area contributed by atoms with E-state index in [0.717, 1.165) is 17.7 Å². The molecule has 1 amide bonds. The van der Waals surface area contributed by atoms with Crippen LogP contribution in [-0.4, -0.2) is 12.5 Å². The summed E-state index contributed by atoms with van der Waals surface area (Å²) >= 11 is 3.05. The second-order valence-corrected chi connectivity index (χ2v) is 5.21. The van der Waals surface area contributed by atoms with Crippen molar-refractivity contribution in [1.29, 1.82) is 0 Å². The third-order valence-corrected chi connectivity index (χ3v) is 3.39. The molecule has 110 valence electrons. The highest BCUT2D eigenvalue weighted by molar-refractivity contribution is 9.10. The minimum Gasteiger partial charge on any atom is -0.373 e. The number of carbonyl (C=O) groups is 1. The van der Waals surface area contributed by atoms with Gasteiger partial charge in [-0.25, -0.2) is 8.78 Å². The van der Waals surface area contributed by atoms with Crippen molar-refractivity contribution < 1.29 is 13.6 Å². The van der Waals surface area contributed by atoms with E-state index in [0.29, 0.717) is 6.54 Å². The van der Waals surface area contributed by atoms with Crippen LogP contribution < -0.4 is 10.6 Å². The van der Waals surface area contributed by atoms with E-state index < -0.39 is 11.6 Å². The Morgan fingerprint density at radius 3 is 2.52 bits per heavy atom. The molecule has 0 heterocycles. The third-order valence-electron chi connectivity index (χ3n) is 2.77. The van der Waals surface area contributed by atoms with Gasteiger partial charge >= 0.3 is 0 Å². The van der Waals surface area contributed by atoms with Crippen molar-refractivity contribution in [2.75, 3.05) is 11.9 Å². The van der Waals surface area contributed by atoms with Crippen molar-refractivity contribution in [1.82, 2.24) is 5.32 Å². The van der Waals surface area contributed by atoms with Crippen LogP contribution in [0.4, 0.5) is 14.5 Å². The average Bonchev–Trinajstić information content (AvgIpc) is 2.45. The summed E-state index contributed by atoms with van der Waals surface area (Å²) in [5, 5.41) is 5.35. The molecule has 6 heteroatoms. The monoisotopic (exact) mass is 354 g/mol. The summed E-state index contributed by atoms with van der Waals surface area (Å²) in [4.78, 5) is 11.7. The Bertz CT molecular complexity index is 612. The molecule has 0 aromatic heterocycles. The summed E-state index contributed by atoms with van der Waals surface area (Å²) in [6.07, 6.45) is 0. The van der Waals surface area contributed by atoms with Crippen molar-refractivity contribution >= 4 is 27.5 Å². The maximum absolute atomic E-state index is 13.5. The van der Waals surface area contributed by atoms with Crippen LogP contribution in [0, 0.1) is 11.6 Å². The molecule has 0 unspecified atom stereocenters. The summed E-state index contributed by atoms with van der Waals surface area (Å²) in [5.74, 6) is -1.72. The van der Waals surface area contributed by atoms with Crippen LogP contribution in [0.25, 0.3) is 0 Å². The number of nitrogens with one attached hydrogen (secondary N) is 2. The molecule has 0 aliphatic rings. The Balaban J connectivity index is 1.87. The van der Waals surface area contributed by atoms with Crippen LogP contribution in [0.1, 0.15) is 5.56 Å². The topological polar surface area (TPSA) is 41.1 Å². The molecule has 0 aliphatic heterocycles. The molecule has 2 rings (SSSR count). The highest BCUT2D eigenvalue weighted by Crippen LogP contribution is 2.26. The summed E-state index contributed by atoms with van der Waals surface area (Å²) in [6, 6.07) is 11.3. The fraction of sp³-hybridized carbons (Fsp3) is 0.133. The average molecular weight is 355 g/mol. The van der Waals surface area contributed by atoms with Crippen molar-refractivity contribution in [2.45, 2.75) is 6.54 Å². The lowest BCUT2D eigenvalue weighted by molar-refractivity contribution is -0.119. The van der Waals surface area contributed by atoms with Crippen LogP contribution in [0.15, 0.2) is 46.9 Å². The number of amides is 1. The fourth-order valence-corrected chi connectivity index (χ4v) is 2.29. The lowest BCUT2D eigenvalue weighted by Gasteiger charge is -2.10. The predicted molar refractivity (Wildman–Crippen MR) is 80.8 cm³/mol. The number of hydrogen-bond donors (Lipinski definition) is 2. The van der Waals surface area contributed by atoms with Crippen LogP contribution >= 0.6 is 15.9 Å². The van der Waals surface area contributed by atoms with Gasteiger partial charge in [0.15, 0.2) is 0 Å². The van der Waals surface area contributed by atoms with Gasteiger partial charge < -0.3 is 10.6 Å². The highest BCUT2D eigenvalue weighted by Gasteiger charge is 2.10. The molecule has 0 saturated carbocycles. The number of hydrogen-bond acceptors (Lipinski definition) is 2. The first kappa shape index (κ1) is 15.4. The molecule has 2 aromatic carbocycles. The van der Waals surface area contributed by atoms with Crippen molar-refractivity contribution in [3.8, 4) is 0 Å². The SMILES string of the molecule is O=C(CNc1c(F)cc(F)cc1Br)NCc1ccccc1. The third kappa shape index (κ3) is 4.53. The van der Waals surface area contributed by atoms with Crippen LogP contribution in [0.3, 0.4) is 0 Å². The zero-order chi connectivity index (χ0) is 15.2. The van der Waals surface area contributed by atoms with E-state index in [9.17, 15) is 13.6 Å². The van der Waals surface area contributed by atoms with E-state index >= 15 is 0 Å². The zero-order valence-electron chi connectivity index (χ0n) is 11.0. The number of carbonyl (C=O) groups excluding carboxylic acids is 1. The van der Waals surface area contributed by atoms with Gasteiger partial charge in [0.2, 0.25) is 5.91 Å². The summed E-state index contributed by atoms with van der Waals surface area (Å²) in [5.41, 5.74) is 1.03. The van der Waals surface area contributed by atoms with Crippen molar-refractivity contribution in [2.24, 2.45) is 0 Å². The molecule has 2 N–H and O–H groups in total. The molecule has 0 aliphatic carbocycles. The van der Waals surface area contributed by atoms with E-state index in [1.54, 1.807) is 0 Å². The van der Waals surface area contributed by atoms with Gasteiger partial charge in [0, 0.05) is 17.1 Å². The standard InChI is InChI=1S/C15H13BrF2N2O/c16-12-6-11(17)7-13(18)15(12)20-9-14(21)19-8-10-4-2-1-3-5-10/h1-7,20H,8-9H2,(H,19,21). The molecule has 3 nitrogen and oxygen atoms in total. The van der Waals surface area contributed by atoms with E-state index in [1.165, 1.54) is 0 Å². The smallest absolute Gasteiger partial charge is 0.239 e. The molecular weight excluding hydrogens is 342 g/mol. The Morgan fingerprint density at radius 1 is 1.14 bits per heavy atom. The van der Waals surface area contributed by atoms with Gasteiger partial charge in [-0.3, -0.25) is 4.79 Å². The highest BCUT2D eigenvalue weighted by atomic mass is 79.9. The number of halogens is 3. The Labute approximate surface area is 129 Å². The van der Waals surface area contributed by atoms with Crippen LogP contribution in [0.2, 0.25) is 0 Å². The normalized spacial score (nSPS) is 10.2. The van der Waals surface area contributed by atoms with Crippen molar-refractivity contribution in [3.05, 3.63) is 64.1 Å². The first-order chi connectivity index (χ1) is 10.1. The van der Waals surface area contributed by atoms with Gasteiger partial charge in [-0.15, -0.1) is 0 Å². The van der Waals surface area contributed by atoms with Crippen molar-refractivity contribution in [3.63, 3.8) is 0 Å². The maximum Gasteiger partial charge on any atom is 0.239 e. The summed E-state index contributed by atoms with van der Waals surface area (Å²) < 4.78 is 26.7. The lowest BCUT2D eigenvalue weighted by atomic mass is 10.2. The Kier molecular flexibility index (Phi) is 5.27. The molecular formula is C15H13BrF2N2O. The predicted octanol–water partition coefficient (Wildman–Crippen LogP) is 3.46. The molecule has 0 bridgehead atoms. The van der Waals surface area contributed by atoms with Crippen LogP contribution in [0.5, 0.6) is 0 Å². The van der Waals surface area contributed by atoms with Gasteiger partial charge in [-0.05, 0) is 27.6 Å². The van der Waals surface area contributed by atoms with E-state index in [4.69, 9.17) is 0 Å². The molecule has 21 heavy (non-hydrogen) atoms. The first-order valence-corrected chi connectivity index (χ1v) is 7.04. The zero-order valence-corrected chi connectivity index (χ0v) is 12.6. The second-order valence-electron chi connectivity index (χ2n) is 4.36. The quantitative estimate of drug-likeness (QED) is 0.863. The first-order valence-electron chi connectivity index (χ1n) is 6.25. The van der Waals surface area contributed by atoms with E-state index in [-0.39, 0.29) is 22.6 Å². The number of benzene rings is 2. The van der Waals surface area contributed by atoms with E-state index in [2.05, 4.69) is 26.6 Å². The van der Waals surface area contributed by atoms with Gasteiger partial charge in [-0.2, -0.15) is 0 Å². The molecule has 2 aromatic rings. The summed E-state index contributed by atoms with van der Waals surface area (Å²) in [6.45, 7) is 0.294. The molecule has 0 atom stereocenters. The number of anilines is 1. The Morgan fingerprint density at radius 2 is 1.86 bits per heavy atom. The molecule has 0 radical (unpaired) electrons. The maximum atomic E-state index is 13.5. The lowest BCUT2D eigenvalue weighted by Crippen LogP contribution is -2.29. The number of rotatable bonds is 5. The van der Waals surface area contributed by atoms with E-state index in [1.807, 2.05) is 30.3 Å². The van der Waals surface area contributed by atoms with Gasteiger partial charge in [-0.1, -0.05) is 30.3 Å². The van der Waals surface area contributed by atoms with Gasteiger partial charge in [0.1, 0.15) is 11.6 Å². The second kappa shape index (κ2) is 7.17. The summed E-state index contributed by atoms with van der Waals surface area (Å²) in [7, 11) is 0. The minimum absolute atomic E-state index is 0.0614.